The molecule has 21 heavy (non-hydrogen) atoms. The van der Waals surface area contributed by atoms with Crippen molar-refractivity contribution >= 4 is 11.9 Å². The molecule has 0 bridgehead atoms. The summed E-state index contributed by atoms with van der Waals surface area (Å²) in [6.45, 7) is 0.879. The molecule has 2 atom stereocenters. The monoisotopic (exact) mass is 293 g/mol. The van der Waals surface area contributed by atoms with Crippen LogP contribution in [0.5, 0.6) is 0 Å². The fourth-order valence-electron chi connectivity index (χ4n) is 2.35. The summed E-state index contributed by atoms with van der Waals surface area (Å²) in [5.74, 6) is -1.11. The third-order valence-corrected chi connectivity index (χ3v) is 3.52. The molecule has 1 aromatic carbocycles. The van der Waals surface area contributed by atoms with Crippen LogP contribution in [0.3, 0.4) is 0 Å². The molecular formula is C15H19NO5. The Bertz CT molecular complexity index is 517. The number of aryl methyl sites for hydroxylation is 1. The zero-order valence-corrected chi connectivity index (χ0v) is 11.9. The van der Waals surface area contributed by atoms with Gasteiger partial charge in [-0.1, -0.05) is 18.2 Å². The third kappa shape index (κ3) is 4.03. The van der Waals surface area contributed by atoms with Crippen molar-refractivity contribution in [2.75, 3.05) is 20.3 Å². The number of aliphatic carboxylic acids is 1. The molecule has 0 spiro atoms. The van der Waals surface area contributed by atoms with Gasteiger partial charge in [-0.15, -0.1) is 0 Å². The van der Waals surface area contributed by atoms with Gasteiger partial charge < -0.3 is 19.9 Å². The number of ether oxygens (including phenoxy) is 2. The molecule has 1 fully saturated rings. The lowest BCUT2D eigenvalue weighted by Gasteiger charge is -2.18. The molecule has 1 aliphatic heterocycles. The van der Waals surface area contributed by atoms with Crippen molar-refractivity contribution < 1.29 is 24.2 Å². The van der Waals surface area contributed by atoms with Crippen LogP contribution in [0.15, 0.2) is 24.3 Å². The van der Waals surface area contributed by atoms with E-state index in [4.69, 9.17) is 14.6 Å². The van der Waals surface area contributed by atoms with Crippen LogP contribution in [0, 0.1) is 0 Å². The van der Waals surface area contributed by atoms with Crippen LogP contribution in [-0.4, -0.2) is 49.5 Å². The molecule has 2 rings (SSSR count). The van der Waals surface area contributed by atoms with E-state index in [9.17, 15) is 9.59 Å². The van der Waals surface area contributed by atoms with Gasteiger partial charge in [0.1, 0.15) is 6.10 Å². The van der Waals surface area contributed by atoms with Gasteiger partial charge in [0.25, 0.3) is 5.91 Å². The van der Waals surface area contributed by atoms with Crippen molar-refractivity contribution in [3.05, 3.63) is 35.4 Å². The van der Waals surface area contributed by atoms with Gasteiger partial charge in [-0.2, -0.15) is 0 Å². The second-order valence-electron chi connectivity index (χ2n) is 4.94. The summed E-state index contributed by atoms with van der Waals surface area (Å²) in [4.78, 5) is 23.0. The number of benzene rings is 1. The summed E-state index contributed by atoms with van der Waals surface area (Å²) in [5.41, 5.74) is 1.23. The van der Waals surface area contributed by atoms with Gasteiger partial charge in [-0.3, -0.25) is 9.59 Å². The van der Waals surface area contributed by atoms with E-state index in [0.29, 0.717) is 25.2 Å². The summed E-state index contributed by atoms with van der Waals surface area (Å²) >= 11 is 0. The van der Waals surface area contributed by atoms with Gasteiger partial charge in [-0.25, -0.2) is 0 Å². The third-order valence-electron chi connectivity index (χ3n) is 3.52. The molecule has 1 aliphatic rings. The van der Waals surface area contributed by atoms with Crippen LogP contribution in [0.2, 0.25) is 0 Å². The molecule has 0 aromatic heterocycles. The summed E-state index contributed by atoms with van der Waals surface area (Å²) in [6.07, 6.45) is 0.172. The van der Waals surface area contributed by atoms with Crippen LogP contribution in [0.25, 0.3) is 0 Å². The van der Waals surface area contributed by atoms with Gasteiger partial charge in [0.15, 0.2) is 0 Å². The fourth-order valence-corrected chi connectivity index (χ4v) is 2.35. The molecule has 1 saturated heterocycles. The number of nitrogens with one attached hydrogen (secondary N) is 1. The summed E-state index contributed by atoms with van der Waals surface area (Å²) in [7, 11) is 1.58. The second kappa shape index (κ2) is 7.19. The van der Waals surface area contributed by atoms with E-state index in [2.05, 4.69) is 5.32 Å². The summed E-state index contributed by atoms with van der Waals surface area (Å²) < 4.78 is 10.5. The average Bonchev–Trinajstić information content (AvgIpc) is 2.92. The van der Waals surface area contributed by atoms with Gasteiger partial charge in [0.2, 0.25) is 0 Å². The quantitative estimate of drug-likeness (QED) is 0.812. The fraction of sp³-hybridized carbons (Fsp3) is 0.467. The zero-order valence-electron chi connectivity index (χ0n) is 11.9. The second-order valence-corrected chi connectivity index (χ2v) is 4.94. The molecule has 6 nitrogen and oxygen atoms in total. The normalized spacial score (nSPS) is 21.2. The highest BCUT2D eigenvalue weighted by Gasteiger charge is 2.30. The minimum absolute atomic E-state index is 0.00245. The molecule has 1 amide bonds. The Morgan fingerprint density at radius 2 is 2.14 bits per heavy atom. The molecule has 114 valence electrons. The smallest absolute Gasteiger partial charge is 0.303 e. The molecular weight excluding hydrogens is 274 g/mol. The maximum Gasteiger partial charge on any atom is 0.303 e. The Kier molecular flexibility index (Phi) is 5.30. The first-order valence-electron chi connectivity index (χ1n) is 6.83. The molecule has 0 aliphatic carbocycles. The van der Waals surface area contributed by atoms with E-state index in [-0.39, 0.29) is 24.5 Å². The van der Waals surface area contributed by atoms with E-state index >= 15 is 0 Å². The van der Waals surface area contributed by atoms with Crippen molar-refractivity contribution in [1.29, 1.82) is 0 Å². The van der Waals surface area contributed by atoms with Gasteiger partial charge in [-0.05, 0) is 18.1 Å². The molecule has 1 aromatic rings. The van der Waals surface area contributed by atoms with E-state index in [1.807, 2.05) is 0 Å². The first-order chi connectivity index (χ1) is 10.1. The Morgan fingerprint density at radius 1 is 1.38 bits per heavy atom. The number of methoxy groups -OCH3 is 1. The highest BCUT2D eigenvalue weighted by atomic mass is 16.5. The first kappa shape index (κ1) is 15.5. The number of amides is 1. The molecule has 0 saturated carbocycles. The van der Waals surface area contributed by atoms with Crippen molar-refractivity contribution in [2.24, 2.45) is 0 Å². The Balaban J connectivity index is 2.06. The predicted octanol–water partition coefficient (Wildman–Crippen LogP) is 0.847. The topological polar surface area (TPSA) is 84.9 Å². The van der Waals surface area contributed by atoms with Crippen LogP contribution in [-0.2, 0) is 20.7 Å². The van der Waals surface area contributed by atoms with Gasteiger partial charge in [0.05, 0.1) is 19.3 Å². The summed E-state index contributed by atoms with van der Waals surface area (Å²) in [5, 5.41) is 11.7. The highest BCUT2D eigenvalue weighted by Crippen LogP contribution is 2.14. The summed E-state index contributed by atoms with van der Waals surface area (Å²) in [6, 6.07) is 6.85. The van der Waals surface area contributed by atoms with E-state index in [0.717, 1.165) is 5.56 Å². The Labute approximate surface area is 123 Å². The van der Waals surface area contributed by atoms with E-state index < -0.39 is 5.97 Å². The van der Waals surface area contributed by atoms with Crippen LogP contribution in [0.4, 0.5) is 0 Å². The molecule has 0 unspecified atom stereocenters. The maximum atomic E-state index is 12.4. The maximum absolute atomic E-state index is 12.4. The molecule has 6 heteroatoms. The van der Waals surface area contributed by atoms with E-state index in [1.165, 1.54) is 0 Å². The number of carbonyl (C=O) groups excluding carboxylic acids is 1. The SMILES string of the molecule is CO[C@@H]1COC[C@@H]1NC(=O)c1ccccc1CCC(=O)O. The number of carbonyl (C=O) groups is 2. The minimum Gasteiger partial charge on any atom is -0.481 e. The number of hydrogen-bond acceptors (Lipinski definition) is 4. The van der Waals surface area contributed by atoms with Gasteiger partial charge in [0, 0.05) is 19.1 Å². The standard InChI is InChI=1S/C15H19NO5/c1-20-13-9-21-8-12(13)16-15(19)11-5-3-2-4-10(11)6-7-14(17)18/h2-5,12-13H,6-9H2,1H3,(H,16,19)(H,17,18)/t12-,13+/m0/s1. The van der Waals surface area contributed by atoms with Crippen molar-refractivity contribution in [1.82, 2.24) is 5.32 Å². The lowest BCUT2D eigenvalue weighted by Crippen LogP contribution is -2.43. The van der Waals surface area contributed by atoms with Gasteiger partial charge >= 0.3 is 5.97 Å². The number of carboxylic acid groups (broad SMARTS) is 1. The number of carboxylic acids is 1. The molecule has 1 heterocycles. The zero-order chi connectivity index (χ0) is 15.2. The Hall–Kier alpha value is -1.92. The number of hydrogen-bond donors (Lipinski definition) is 2. The largest absolute Gasteiger partial charge is 0.481 e. The lowest BCUT2D eigenvalue weighted by molar-refractivity contribution is -0.136. The van der Waals surface area contributed by atoms with Crippen molar-refractivity contribution in [2.45, 2.75) is 25.0 Å². The highest BCUT2D eigenvalue weighted by molar-refractivity contribution is 5.96. The first-order valence-corrected chi connectivity index (χ1v) is 6.83. The van der Waals surface area contributed by atoms with Crippen molar-refractivity contribution in [3.63, 3.8) is 0 Å². The van der Waals surface area contributed by atoms with Crippen LogP contribution in [0.1, 0.15) is 22.3 Å². The van der Waals surface area contributed by atoms with E-state index in [1.54, 1.807) is 31.4 Å². The minimum atomic E-state index is -0.881. The van der Waals surface area contributed by atoms with Crippen LogP contribution < -0.4 is 5.32 Å². The van der Waals surface area contributed by atoms with Crippen LogP contribution >= 0.6 is 0 Å². The predicted molar refractivity (Wildman–Crippen MR) is 75.3 cm³/mol. The number of rotatable bonds is 6. The lowest BCUT2D eigenvalue weighted by atomic mass is 10.0. The van der Waals surface area contributed by atoms with Crippen molar-refractivity contribution in [3.8, 4) is 0 Å². The molecule has 2 N–H and O–H groups in total. The Morgan fingerprint density at radius 3 is 2.86 bits per heavy atom. The molecule has 0 radical (unpaired) electrons. The average molecular weight is 293 g/mol.